The molecule has 1 aromatic carbocycles. The van der Waals surface area contributed by atoms with Crippen LogP contribution >= 0.6 is 0 Å². The van der Waals surface area contributed by atoms with Crippen molar-refractivity contribution in [3.63, 3.8) is 0 Å². The molecule has 0 saturated carbocycles. The van der Waals surface area contributed by atoms with Gasteiger partial charge in [-0.15, -0.1) is 0 Å². The van der Waals surface area contributed by atoms with Crippen LogP contribution in [0, 0.1) is 13.8 Å². The summed E-state index contributed by atoms with van der Waals surface area (Å²) in [5, 5.41) is 15.6. The molecule has 1 aromatic heterocycles. The van der Waals surface area contributed by atoms with Gasteiger partial charge in [0.1, 0.15) is 11.5 Å². The van der Waals surface area contributed by atoms with Crippen molar-refractivity contribution < 1.29 is 19.4 Å². The van der Waals surface area contributed by atoms with E-state index in [1.54, 1.807) is 42.8 Å². The van der Waals surface area contributed by atoms with Gasteiger partial charge in [0.15, 0.2) is 0 Å². The summed E-state index contributed by atoms with van der Waals surface area (Å²) in [7, 11) is 7.28. The van der Waals surface area contributed by atoms with Gasteiger partial charge in [0.05, 0.1) is 30.0 Å². The number of aromatic nitrogens is 2. The third-order valence-corrected chi connectivity index (χ3v) is 5.72. The molecule has 3 rings (SSSR count). The maximum Gasteiger partial charge on any atom is 0.295 e. The molecule has 1 fully saturated rings. The molecule has 0 spiro atoms. The molecule has 1 unspecified atom stereocenters. The molecule has 0 radical (unpaired) electrons. The Hall–Kier alpha value is -3.13. The summed E-state index contributed by atoms with van der Waals surface area (Å²) >= 11 is 0. The number of rotatable bonds is 7. The fraction of sp³-hybridized carbons (Fsp3) is 0.435. The SMILES string of the molecule is COc1ccc(C2C(=C(O)c3c(C)nn(C)c3C)C(=O)C(=O)N2CCCN(C)C)cc1. The lowest BCUT2D eigenvalue weighted by Crippen LogP contribution is -2.32. The van der Waals surface area contributed by atoms with Crippen molar-refractivity contribution in [1.29, 1.82) is 0 Å². The van der Waals surface area contributed by atoms with E-state index in [-0.39, 0.29) is 11.3 Å². The first-order valence-electron chi connectivity index (χ1n) is 10.2. The second-order valence-electron chi connectivity index (χ2n) is 8.09. The number of likely N-dealkylation sites (tertiary alicyclic amines) is 1. The highest BCUT2D eigenvalue weighted by atomic mass is 16.5. The Morgan fingerprint density at radius 3 is 2.35 bits per heavy atom. The van der Waals surface area contributed by atoms with Crippen molar-refractivity contribution in [2.45, 2.75) is 26.3 Å². The zero-order valence-electron chi connectivity index (χ0n) is 19.0. The van der Waals surface area contributed by atoms with Gasteiger partial charge in [-0.3, -0.25) is 14.3 Å². The van der Waals surface area contributed by atoms with Crippen molar-refractivity contribution in [3.8, 4) is 5.75 Å². The Kier molecular flexibility index (Phi) is 6.50. The zero-order valence-corrected chi connectivity index (χ0v) is 19.0. The molecule has 1 N–H and O–H groups in total. The van der Waals surface area contributed by atoms with Gasteiger partial charge in [-0.25, -0.2) is 0 Å². The lowest BCUT2D eigenvalue weighted by molar-refractivity contribution is -0.139. The fourth-order valence-electron chi connectivity index (χ4n) is 4.05. The quantitative estimate of drug-likeness (QED) is 0.416. The molecule has 31 heavy (non-hydrogen) atoms. The number of methoxy groups -OCH3 is 1. The lowest BCUT2D eigenvalue weighted by Gasteiger charge is -2.26. The van der Waals surface area contributed by atoms with Crippen LogP contribution in [0.5, 0.6) is 5.75 Å². The lowest BCUT2D eigenvalue weighted by atomic mass is 9.94. The van der Waals surface area contributed by atoms with Crippen LogP contribution < -0.4 is 4.74 Å². The summed E-state index contributed by atoms with van der Waals surface area (Å²) in [5.74, 6) is -0.782. The number of carbonyl (C=O) groups excluding carboxylic acids is 2. The zero-order chi connectivity index (χ0) is 22.9. The summed E-state index contributed by atoms with van der Waals surface area (Å²) in [6.45, 7) is 4.78. The van der Waals surface area contributed by atoms with E-state index in [0.29, 0.717) is 30.0 Å². The molecule has 1 saturated heterocycles. The molecule has 0 aliphatic carbocycles. The highest BCUT2D eigenvalue weighted by Crippen LogP contribution is 2.40. The Morgan fingerprint density at radius 2 is 1.84 bits per heavy atom. The minimum absolute atomic E-state index is 0.0965. The standard InChI is InChI=1S/C23H30N4O4/c1-14-18(15(2)26(5)24-14)21(28)19-20(16-8-10-17(31-6)11-9-16)27(23(30)22(19)29)13-7-12-25(3)4/h8-11,20,28H,7,12-13H2,1-6H3. The van der Waals surface area contributed by atoms with Gasteiger partial charge < -0.3 is 19.6 Å². The summed E-state index contributed by atoms with van der Waals surface area (Å²) in [6.07, 6.45) is 0.706. The van der Waals surface area contributed by atoms with Crippen LogP contribution in [0.15, 0.2) is 29.8 Å². The predicted octanol–water partition coefficient (Wildman–Crippen LogP) is 2.42. The number of benzene rings is 1. The third kappa shape index (κ3) is 4.20. The van der Waals surface area contributed by atoms with E-state index in [0.717, 1.165) is 17.8 Å². The fourth-order valence-corrected chi connectivity index (χ4v) is 4.05. The van der Waals surface area contributed by atoms with Gasteiger partial charge in [0.2, 0.25) is 0 Å². The van der Waals surface area contributed by atoms with Gasteiger partial charge in [-0.05, 0) is 58.6 Å². The van der Waals surface area contributed by atoms with E-state index < -0.39 is 17.7 Å². The first kappa shape index (κ1) is 22.6. The summed E-state index contributed by atoms with van der Waals surface area (Å²) in [4.78, 5) is 29.7. The molecule has 2 heterocycles. The van der Waals surface area contributed by atoms with Crippen molar-refractivity contribution in [2.75, 3.05) is 34.3 Å². The molecule has 0 bridgehead atoms. The van der Waals surface area contributed by atoms with Crippen LogP contribution in [0.25, 0.3) is 5.76 Å². The van der Waals surface area contributed by atoms with Crippen LogP contribution in [0.2, 0.25) is 0 Å². The molecule has 8 nitrogen and oxygen atoms in total. The third-order valence-electron chi connectivity index (χ3n) is 5.72. The molecule has 166 valence electrons. The van der Waals surface area contributed by atoms with Crippen LogP contribution in [0.1, 0.15) is 35.0 Å². The monoisotopic (exact) mass is 426 g/mol. The van der Waals surface area contributed by atoms with Crippen molar-refractivity contribution >= 4 is 17.4 Å². The van der Waals surface area contributed by atoms with E-state index in [1.165, 1.54) is 0 Å². The smallest absolute Gasteiger partial charge is 0.295 e. The highest BCUT2D eigenvalue weighted by Gasteiger charge is 2.46. The van der Waals surface area contributed by atoms with Gasteiger partial charge in [0, 0.05) is 19.3 Å². The van der Waals surface area contributed by atoms with E-state index >= 15 is 0 Å². The number of nitrogens with zero attached hydrogens (tertiary/aromatic N) is 4. The van der Waals surface area contributed by atoms with Crippen molar-refractivity contribution in [3.05, 3.63) is 52.4 Å². The number of Topliss-reactive ketones (excluding diaryl/α,β-unsaturated/α-hetero) is 1. The minimum atomic E-state index is -0.675. The van der Waals surface area contributed by atoms with Gasteiger partial charge in [-0.1, -0.05) is 12.1 Å². The number of hydrogen-bond donors (Lipinski definition) is 1. The van der Waals surface area contributed by atoms with Gasteiger partial charge >= 0.3 is 0 Å². The normalized spacial score (nSPS) is 18.3. The molecular formula is C23H30N4O4. The number of aryl methyl sites for hydroxylation is 2. The summed E-state index contributed by atoms with van der Waals surface area (Å²) in [5.41, 5.74) is 2.66. The van der Waals surface area contributed by atoms with Gasteiger partial charge in [-0.2, -0.15) is 5.10 Å². The minimum Gasteiger partial charge on any atom is -0.507 e. The number of amides is 1. The van der Waals surface area contributed by atoms with Crippen LogP contribution in [-0.2, 0) is 16.6 Å². The van der Waals surface area contributed by atoms with E-state index in [9.17, 15) is 14.7 Å². The van der Waals surface area contributed by atoms with Crippen LogP contribution in [0.4, 0.5) is 0 Å². The van der Waals surface area contributed by atoms with E-state index in [4.69, 9.17) is 4.74 Å². The number of ether oxygens (including phenoxy) is 1. The Balaban J connectivity index is 2.14. The number of aliphatic hydroxyl groups is 1. The molecule has 1 amide bonds. The van der Waals surface area contributed by atoms with E-state index in [1.807, 2.05) is 38.1 Å². The Labute approximate surface area is 182 Å². The number of aliphatic hydroxyl groups excluding tert-OH is 1. The van der Waals surface area contributed by atoms with E-state index in [2.05, 4.69) is 5.10 Å². The predicted molar refractivity (Wildman–Crippen MR) is 118 cm³/mol. The first-order valence-corrected chi connectivity index (χ1v) is 10.2. The number of ketones is 1. The maximum atomic E-state index is 13.1. The molecular weight excluding hydrogens is 396 g/mol. The molecule has 8 heteroatoms. The second kappa shape index (κ2) is 8.93. The van der Waals surface area contributed by atoms with Crippen LogP contribution in [-0.4, -0.2) is 70.7 Å². The van der Waals surface area contributed by atoms with Crippen LogP contribution in [0.3, 0.4) is 0 Å². The molecule has 1 atom stereocenters. The average Bonchev–Trinajstić information content (AvgIpc) is 3.13. The second-order valence-corrected chi connectivity index (χ2v) is 8.09. The number of hydrogen-bond acceptors (Lipinski definition) is 6. The highest BCUT2D eigenvalue weighted by molar-refractivity contribution is 6.46. The average molecular weight is 427 g/mol. The number of carbonyl (C=O) groups is 2. The Morgan fingerprint density at radius 1 is 1.19 bits per heavy atom. The molecule has 2 aromatic rings. The Bertz CT molecular complexity index is 1020. The topological polar surface area (TPSA) is 87.9 Å². The van der Waals surface area contributed by atoms with Crippen molar-refractivity contribution in [2.24, 2.45) is 7.05 Å². The van der Waals surface area contributed by atoms with Crippen molar-refractivity contribution in [1.82, 2.24) is 19.6 Å². The van der Waals surface area contributed by atoms with Gasteiger partial charge in [0.25, 0.3) is 11.7 Å². The molecule has 1 aliphatic heterocycles. The summed E-state index contributed by atoms with van der Waals surface area (Å²) in [6, 6.07) is 6.55. The maximum absolute atomic E-state index is 13.1. The largest absolute Gasteiger partial charge is 0.507 e. The molecule has 1 aliphatic rings. The summed E-state index contributed by atoms with van der Waals surface area (Å²) < 4.78 is 6.90. The first-order chi connectivity index (χ1) is 14.7.